The Hall–Kier alpha value is -3.34. The summed E-state index contributed by atoms with van der Waals surface area (Å²) in [5.41, 5.74) is 3.71. The number of anilines is 1. The first-order valence-electron chi connectivity index (χ1n) is 8.79. The summed E-state index contributed by atoms with van der Waals surface area (Å²) in [5, 5.41) is 2.82. The summed E-state index contributed by atoms with van der Waals surface area (Å²) in [6.07, 6.45) is 1.72. The van der Waals surface area contributed by atoms with E-state index in [1.165, 1.54) is 0 Å². The SMILES string of the molecule is CCOC(=O)C1=C(c2ccccc2)NC(=O)C1=Cc1ccc(N(C)C)cc1. The lowest BCUT2D eigenvalue weighted by molar-refractivity contribution is -0.138. The molecule has 0 fully saturated rings. The summed E-state index contributed by atoms with van der Waals surface area (Å²) in [6.45, 7) is 1.98. The van der Waals surface area contributed by atoms with E-state index in [1.54, 1.807) is 13.0 Å². The van der Waals surface area contributed by atoms with Crippen molar-refractivity contribution in [1.82, 2.24) is 5.32 Å². The Kier molecular flexibility index (Phi) is 5.41. The molecule has 0 radical (unpaired) electrons. The van der Waals surface area contributed by atoms with Crippen LogP contribution in [0.5, 0.6) is 0 Å². The number of hydrogen-bond acceptors (Lipinski definition) is 4. The Morgan fingerprint density at radius 2 is 1.74 bits per heavy atom. The third-order valence-electron chi connectivity index (χ3n) is 4.27. The smallest absolute Gasteiger partial charge is 0.341 e. The maximum absolute atomic E-state index is 12.6. The van der Waals surface area contributed by atoms with E-state index in [9.17, 15) is 9.59 Å². The number of esters is 1. The van der Waals surface area contributed by atoms with E-state index in [1.807, 2.05) is 73.6 Å². The number of rotatable bonds is 5. The summed E-state index contributed by atoms with van der Waals surface area (Å²) < 4.78 is 5.21. The highest BCUT2D eigenvalue weighted by Crippen LogP contribution is 2.31. The Balaban J connectivity index is 2.07. The second kappa shape index (κ2) is 7.91. The van der Waals surface area contributed by atoms with Crippen LogP contribution in [0.25, 0.3) is 11.8 Å². The molecule has 3 rings (SSSR count). The van der Waals surface area contributed by atoms with E-state index < -0.39 is 5.97 Å². The van der Waals surface area contributed by atoms with Gasteiger partial charge in [-0.3, -0.25) is 4.79 Å². The molecular formula is C22H22N2O3. The fourth-order valence-electron chi connectivity index (χ4n) is 2.90. The lowest BCUT2D eigenvalue weighted by atomic mass is 10.0. The van der Waals surface area contributed by atoms with Crippen LogP contribution in [0.15, 0.2) is 65.7 Å². The van der Waals surface area contributed by atoms with Crippen LogP contribution in [-0.2, 0) is 14.3 Å². The van der Waals surface area contributed by atoms with Gasteiger partial charge in [-0.15, -0.1) is 0 Å². The molecule has 0 saturated heterocycles. The minimum Gasteiger partial charge on any atom is -0.462 e. The molecule has 2 aromatic carbocycles. The van der Waals surface area contributed by atoms with Crippen molar-refractivity contribution in [1.29, 1.82) is 0 Å². The molecular weight excluding hydrogens is 340 g/mol. The molecule has 0 bridgehead atoms. The molecule has 1 amide bonds. The Bertz CT molecular complexity index is 910. The van der Waals surface area contributed by atoms with Gasteiger partial charge in [0.2, 0.25) is 0 Å². The minimum absolute atomic E-state index is 0.239. The molecule has 138 valence electrons. The number of nitrogens with zero attached hydrogens (tertiary/aromatic N) is 1. The summed E-state index contributed by atoms with van der Waals surface area (Å²) in [5.74, 6) is -0.820. The van der Waals surface area contributed by atoms with Crippen LogP contribution >= 0.6 is 0 Å². The molecule has 0 unspecified atom stereocenters. The largest absolute Gasteiger partial charge is 0.462 e. The molecule has 1 aliphatic rings. The molecule has 0 spiro atoms. The van der Waals surface area contributed by atoms with Gasteiger partial charge in [-0.2, -0.15) is 0 Å². The number of nitrogens with one attached hydrogen (secondary N) is 1. The fraction of sp³-hybridized carbons (Fsp3) is 0.182. The second-order valence-electron chi connectivity index (χ2n) is 6.33. The van der Waals surface area contributed by atoms with Gasteiger partial charge in [-0.25, -0.2) is 4.79 Å². The molecule has 5 nitrogen and oxygen atoms in total. The van der Waals surface area contributed by atoms with Gasteiger partial charge in [0, 0.05) is 19.8 Å². The highest BCUT2D eigenvalue weighted by atomic mass is 16.5. The molecule has 1 heterocycles. The van der Waals surface area contributed by atoms with E-state index in [0.717, 1.165) is 16.8 Å². The van der Waals surface area contributed by atoms with Crippen molar-refractivity contribution in [3.8, 4) is 0 Å². The van der Waals surface area contributed by atoms with E-state index in [4.69, 9.17) is 4.74 Å². The number of carbonyl (C=O) groups is 2. The van der Waals surface area contributed by atoms with Gasteiger partial charge >= 0.3 is 5.97 Å². The molecule has 1 N–H and O–H groups in total. The molecule has 5 heteroatoms. The molecule has 0 aromatic heterocycles. The van der Waals surface area contributed by atoms with Gasteiger partial charge in [0.1, 0.15) is 0 Å². The maximum atomic E-state index is 12.6. The number of amides is 1. The average Bonchev–Trinajstić information content (AvgIpc) is 2.99. The molecule has 1 aliphatic heterocycles. The summed E-state index contributed by atoms with van der Waals surface area (Å²) in [4.78, 5) is 27.2. The van der Waals surface area contributed by atoms with Crippen LogP contribution in [0.1, 0.15) is 18.1 Å². The van der Waals surface area contributed by atoms with E-state index >= 15 is 0 Å². The van der Waals surface area contributed by atoms with Crippen LogP contribution < -0.4 is 10.2 Å². The third kappa shape index (κ3) is 3.92. The summed E-state index contributed by atoms with van der Waals surface area (Å²) in [6, 6.07) is 17.1. The summed E-state index contributed by atoms with van der Waals surface area (Å²) in [7, 11) is 3.93. The van der Waals surface area contributed by atoms with E-state index in [2.05, 4.69) is 5.32 Å². The highest BCUT2D eigenvalue weighted by molar-refractivity contribution is 6.23. The van der Waals surface area contributed by atoms with Gasteiger partial charge in [-0.05, 0) is 36.3 Å². The second-order valence-corrected chi connectivity index (χ2v) is 6.33. The maximum Gasteiger partial charge on any atom is 0.341 e. The Labute approximate surface area is 158 Å². The summed E-state index contributed by atoms with van der Waals surface area (Å²) >= 11 is 0. The number of hydrogen-bond donors (Lipinski definition) is 1. The van der Waals surface area contributed by atoms with E-state index in [0.29, 0.717) is 11.3 Å². The van der Waals surface area contributed by atoms with Crippen molar-refractivity contribution in [2.75, 3.05) is 25.6 Å². The Morgan fingerprint density at radius 1 is 1.07 bits per heavy atom. The predicted molar refractivity (Wildman–Crippen MR) is 107 cm³/mol. The van der Waals surface area contributed by atoms with Crippen LogP contribution in [0, 0.1) is 0 Å². The highest BCUT2D eigenvalue weighted by Gasteiger charge is 2.33. The normalized spacial score (nSPS) is 15.1. The van der Waals surface area contributed by atoms with Crippen molar-refractivity contribution < 1.29 is 14.3 Å². The molecule has 27 heavy (non-hydrogen) atoms. The number of carbonyl (C=O) groups excluding carboxylic acids is 2. The average molecular weight is 362 g/mol. The van der Waals surface area contributed by atoms with E-state index in [-0.39, 0.29) is 18.1 Å². The van der Waals surface area contributed by atoms with Crippen molar-refractivity contribution in [3.63, 3.8) is 0 Å². The predicted octanol–water partition coefficient (Wildman–Crippen LogP) is 3.24. The Morgan fingerprint density at radius 3 is 2.33 bits per heavy atom. The quantitative estimate of drug-likeness (QED) is 0.655. The molecule has 0 aliphatic carbocycles. The van der Waals surface area contributed by atoms with Crippen LogP contribution in [0.3, 0.4) is 0 Å². The third-order valence-corrected chi connectivity index (χ3v) is 4.27. The first-order chi connectivity index (χ1) is 13.0. The van der Waals surface area contributed by atoms with Gasteiger partial charge in [0.15, 0.2) is 0 Å². The van der Waals surface area contributed by atoms with Crippen LogP contribution in [0.2, 0.25) is 0 Å². The van der Waals surface area contributed by atoms with Gasteiger partial charge < -0.3 is 15.0 Å². The van der Waals surface area contributed by atoms with Crippen LogP contribution in [-0.4, -0.2) is 32.6 Å². The lowest BCUT2D eigenvalue weighted by Gasteiger charge is -2.12. The van der Waals surface area contributed by atoms with Gasteiger partial charge in [-0.1, -0.05) is 42.5 Å². The van der Waals surface area contributed by atoms with Crippen molar-refractivity contribution in [3.05, 3.63) is 76.9 Å². The van der Waals surface area contributed by atoms with Gasteiger partial charge in [0.25, 0.3) is 5.91 Å². The lowest BCUT2D eigenvalue weighted by Crippen LogP contribution is -2.15. The standard InChI is InChI=1S/C22H22N2O3/c1-4-27-22(26)19-18(14-15-10-12-17(13-11-15)24(2)3)21(25)23-20(19)16-8-6-5-7-9-16/h5-14H,4H2,1-3H3,(H,23,25). The zero-order valence-electron chi connectivity index (χ0n) is 15.7. The topological polar surface area (TPSA) is 58.6 Å². The van der Waals surface area contributed by atoms with Crippen LogP contribution in [0.4, 0.5) is 5.69 Å². The van der Waals surface area contributed by atoms with Gasteiger partial charge in [0.05, 0.1) is 23.5 Å². The molecule has 2 aromatic rings. The minimum atomic E-state index is -0.508. The fourth-order valence-corrected chi connectivity index (χ4v) is 2.90. The van der Waals surface area contributed by atoms with Crippen molar-refractivity contribution in [2.24, 2.45) is 0 Å². The first-order valence-corrected chi connectivity index (χ1v) is 8.79. The number of benzene rings is 2. The first kappa shape index (κ1) is 18.5. The van der Waals surface area contributed by atoms with Crippen molar-refractivity contribution in [2.45, 2.75) is 6.92 Å². The monoisotopic (exact) mass is 362 g/mol. The molecule has 0 saturated carbocycles. The molecule has 0 atom stereocenters. The number of ether oxygens (including phenoxy) is 1. The zero-order valence-corrected chi connectivity index (χ0v) is 15.7. The zero-order chi connectivity index (χ0) is 19.4. The van der Waals surface area contributed by atoms with Crippen molar-refractivity contribution >= 4 is 29.3 Å².